The van der Waals surface area contributed by atoms with Crippen molar-refractivity contribution in [2.24, 2.45) is 0 Å². The number of ether oxygens (including phenoxy) is 3. The number of esters is 2. The molecule has 0 fully saturated rings. The maximum Gasteiger partial charge on any atom is 0.343 e. The third kappa shape index (κ3) is 12.9. The van der Waals surface area contributed by atoms with Crippen molar-refractivity contribution in [2.75, 3.05) is 11.9 Å². The molecule has 0 aliphatic heterocycles. The number of carboxylic acids is 1. The van der Waals surface area contributed by atoms with E-state index >= 15 is 0 Å². The normalized spacial score (nSPS) is 11.5. The minimum atomic E-state index is -1.24. The minimum absolute atomic E-state index is 0.0176. The van der Waals surface area contributed by atoms with Gasteiger partial charge in [0, 0.05) is 23.2 Å². The Morgan fingerprint density at radius 3 is 1.77 bits per heavy atom. The average Bonchev–Trinajstić information content (AvgIpc) is 3.13. The quantitative estimate of drug-likeness (QED) is 0.0560. The zero-order valence-electron chi connectivity index (χ0n) is 30.5. The molecule has 0 spiro atoms. The second-order valence-corrected chi connectivity index (χ2v) is 13.5. The number of carboxylic acid groups (broad SMARTS) is 1. The highest BCUT2D eigenvalue weighted by Gasteiger charge is 2.22. The Kier molecular flexibility index (Phi) is 14.3. The van der Waals surface area contributed by atoms with Gasteiger partial charge in [0.05, 0.1) is 17.7 Å². The van der Waals surface area contributed by atoms with Gasteiger partial charge >= 0.3 is 17.9 Å². The molecule has 0 saturated carbocycles. The Hall–Kier alpha value is -5.97. The molecule has 11 nitrogen and oxygen atoms in total. The number of carbonyl (C=O) groups excluding carboxylic acids is 4. The van der Waals surface area contributed by atoms with Gasteiger partial charge in [-0.1, -0.05) is 44.7 Å². The molecule has 4 aromatic carbocycles. The van der Waals surface area contributed by atoms with Crippen LogP contribution < -0.4 is 20.1 Å². The molecule has 1 atom stereocenters. The number of unbranched alkanes of at least 4 members (excludes halogenated alkanes) is 4. The summed E-state index contributed by atoms with van der Waals surface area (Å²) in [5, 5.41) is 15.1. The van der Waals surface area contributed by atoms with Crippen LogP contribution in [0.25, 0.3) is 0 Å². The molecule has 11 heteroatoms. The molecule has 4 rings (SSSR count). The van der Waals surface area contributed by atoms with Crippen LogP contribution in [0.4, 0.5) is 5.69 Å². The number of amides is 2. The number of carbonyl (C=O) groups is 5. The summed E-state index contributed by atoms with van der Waals surface area (Å²) in [6.45, 7) is 8.10. The fourth-order valence-corrected chi connectivity index (χ4v) is 5.12. The van der Waals surface area contributed by atoms with Gasteiger partial charge in [0.25, 0.3) is 11.8 Å². The van der Waals surface area contributed by atoms with Crippen molar-refractivity contribution in [3.8, 4) is 11.5 Å². The molecule has 0 aliphatic rings. The minimum Gasteiger partial charge on any atom is -0.494 e. The standard InChI is InChI=1S/C42H46N2O9/c1-5-6-7-8-9-26-51-34-24-18-31(19-25-34)40(49)52-35-22-10-28(11-23-35)27-36(39(47)48)44-38(46)30-16-20-33(21-17-30)43-37(45)29-12-14-32(15-13-29)41(50)53-42(2,3)4/h10-25,36H,5-9,26-27H2,1-4H3,(H,43,45)(H,44,46)(H,47,48)/t36-/m0/s1. The van der Waals surface area contributed by atoms with Crippen molar-refractivity contribution in [2.45, 2.75) is 77.9 Å². The van der Waals surface area contributed by atoms with Crippen LogP contribution in [-0.2, 0) is 16.0 Å². The van der Waals surface area contributed by atoms with Gasteiger partial charge in [-0.05, 0) is 118 Å². The molecular weight excluding hydrogens is 676 g/mol. The van der Waals surface area contributed by atoms with E-state index in [9.17, 15) is 29.1 Å². The lowest BCUT2D eigenvalue weighted by Gasteiger charge is -2.19. The van der Waals surface area contributed by atoms with Crippen molar-refractivity contribution >= 4 is 35.4 Å². The Balaban J connectivity index is 1.25. The molecule has 0 saturated heterocycles. The molecule has 3 N–H and O–H groups in total. The highest BCUT2D eigenvalue weighted by atomic mass is 16.6. The van der Waals surface area contributed by atoms with Crippen molar-refractivity contribution in [1.29, 1.82) is 0 Å². The molecule has 0 radical (unpaired) electrons. The lowest BCUT2D eigenvalue weighted by atomic mass is 10.0. The summed E-state index contributed by atoms with van der Waals surface area (Å²) in [6.07, 6.45) is 5.70. The van der Waals surface area contributed by atoms with Crippen molar-refractivity contribution < 1.29 is 43.3 Å². The third-order valence-corrected chi connectivity index (χ3v) is 7.97. The maximum atomic E-state index is 12.9. The second-order valence-electron chi connectivity index (χ2n) is 13.5. The molecule has 0 aromatic heterocycles. The zero-order valence-corrected chi connectivity index (χ0v) is 30.5. The van der Waals surface area contributed by atoms with Gasteiger partial charge in [-0.15, -0.1) is 0 Å². The van der Waals surface area contributed by atoms with Crippen molar-refractivity contribution in [3.05, 3.63) is 125 Å². The van der Waals surface area contributed by atoms with Gasteiger partial charge < -0.3 is 30.0 Å². The van der Waals surface area contributed by atoms with Crippen molar-refractivity contribution in [1.82, 2.24) is 5.32 Å². The SMILES string of the molecule is CCCCCCCOc1ccc(C(=O)Oc2ccc(C[C@H](NC(=O)c3ccc(NC(=O)c4ccc(C(=O)OC(C)(C)C)cc4)cc3)C(=O)O)cc2)cc1. The zero-order chi connectivity index (χ0) is 38.4. The number of anilines is 1. The van der Waals surface area contributed by atoms with E-state index in [2.05, 4.69) is 17.6 Å². The fourth-order valence-electron chi connectivity index (χ4n) is 5.12. The van der Waals surface area contributed by atoms with Crippen molar-refractivity contribution in [3.63, 3.8) is 0 Å². The number of hydrogen-bond acceptors (Lipinski definition) is 8. The van der Waals surface area contributed by atoms with Crippen LogP contribution in [0.3, 0.4) is 0 Å². The van der Waals surface area contributed by atoms with Crippen LogP contribution in [0.5, 0.6) is 11.5 Å². The molecule has 2 amide bonds. The first kappa shape index (κ1) is 39.8. The highest BCUT2D eigenvalue weighted by molar-refractivity contribution is 6.05. The van der Waals surface area contributed by atoms with Crippen LogP contribution in [0.1, 0.15) is 107 Å². The first-order valence-electron chi connectivity index (χ1n) is 17.6. The molecule has 0 heterocycles. The molecule has 0 bridgehead atoms. The molecule has 278 valence electrons. The Bertz CT molecular complexity index is 1850. The third-order valence-electron chi connectivity index (χ3n) is 7.97. The first-order valence-corrected chi connectivity index (χ1v) is 17.6. The summed E-state index contributed by atoms with van der Waals surface area (Å²) < 4.78 is 16.6. The fraction of sp³-hybridized carbons (Fsp3) is 0.310. The van der Waals surface area contributed by atoms with E-state index in [-0.39, 0.29) is 17.7 Å². The van der Waals surface area contributed by atoms with E-state index in [1.54, 1.807) is 69.3 Å². The summed E-state index contributed by atoms with van der Waals surface area (Å²) in [5.74, 6) is -2.32. The summed E-state index contributed by atoms with van der Waals surface area (Å²) in [6, 6.07) is 23.9. The van der Waals surface area contributed by atoms with Crippen LogP contribution in [-0.4, -0.2) is 53.1 Å². The Labute approximate surface area is 309 Å². The van der Waals surface area contributed by atoms with Gasteiger partial charge in [0.1, 0.15) is 23.1 Å². The highest BCUT2D eigenvalue weighted by Crippen LogP contribution is 2.19. The maximum absolute atomic E-state index is 12.9. The Morgan fingerprint density at radius 2 is 1.17 bits per heavy atom. The summed E-state index contributed by atoms with van der Waals surface area (Å²) in [7, 11) is 0. The average molecular weight is 723 g/mol. The summed E-state index contributed by atoms with van der Waals surface area (Å²) >= 11 is 0. The van der Waals surface area contributed by atoms with Crippen LogP contribution in [0.15, 0.2) is 97.1 Å². The second kappa shape index (κ2) is 19.0. The largest absolute Gasteiger partial charge is 0.494 e. The van der Waals surface area contributed by atoms with Gasteiger partial charge in [0.15, 0.2) is 0 Å². The monoisotopic (exact) mass is 722 g/mol. The smallest absolute Gasteiger partial charge is 0.343 e. The number of rotatable bonds is 17. The van der Waals surface area contributed by atoms with Gasteiger partial charge in [0.2, 0.25) is 0 Å². The van der Waals surface area contributed by atoms with Gasteiger partial charge in [-0.3, -0.25) is 9.59 Å². The molecule has 53 heavy (non-hydrogen) atoms. The number of aliphatic carboxylic acids is 1. The predicted molar refractivity (Wildman–Crippen MR) is 201 cm³/mol. The predicted octanol–water partition coefficient (Wildman–Crippen LogP) is 7.89. The van der Waals surface area contributed by atoms with E-state index in [4.69, 9.17) is 14.2 Å². The van der Waals surface area contributed by atoms with E-state index in [0.29, 0.717) is 40.3 Å². The van der Waals surface area contributed by atoms with Gasteiger partial charge in [-0.25, -0.2) is 14.4 Å². The van der Waals surface area contributed by atoms with E-state index < -0.39 is 41.4 Å². The molecular formula is C42H46N2O9. The lowest BCUT2D eigenvalue weighted by Crippen LogP contribution is -2.42. The van der Waals surface area contributed by atoms with Crippen LogP contribution in [0, 0.1) is 0 Å². The summed E-state index contributed by atoms with van der Waals surface area (Å²) in [5.41, 5.74) is 1.55. The van der Waals surface area contributed by atoms with E-state index in [1.807, 2.05) is 0 Å². The number of benzene rings is 4. The number of nitrogens with one attached hydrogen (secondary N) is 2. The van der Waals surface area contributed by atoms with Crippen LogP contribution >= 0.6 is 0 Å². The number of hydrogen-bond donors (Lipinski definition) is 3. The topological polar surface area (TPSA) is 157 Å². The van der Waals surface area contributed by atoms with E-state index in [0.717, 1.165) is 12.8 Å². The molecule has 4 aromatic rings. The Morgan fingerprint density at radius 1 is 0.642 bits per heavy atom. The van der Waals surface area contributed by atoms with E-state index in [1.165, 1.54) is 67.8 Å². The van der Waals surface area contributed by atoms with Crippen LogP contribution in [0.2, 0.25) is 0 Å². The molecule has 0 aliphatic carbocycles. The first-order chi connectivity index (χ1) is 25.3. The molecule has 0 unspecified atom stereocenters. The summed E-state index contributed by atoms with van der Waals surface area (Å²) in [4.78, 5) is 62.6. The van der Waals surface area contributed by atoms with Gasteiger partial charge in [-0.2, -0.15) is 0 Å². The lowest BCUT2D eigenvalue weighted by molar-refractivity contribution is -0.139.